The highest BCUT2D eigenvalue weighted by Crippen LogP contribution is 2.37. The first-order chi connectivity index (χ1) is 11.2. The minimum absolute atomic E-state index is 0.0193. The lowest BCUT2D eigenvalue weighted by atomic mass is 10.1. The molecule has 24 heavy (non-hydrogen) atoms. The van der Waals surface area contributed by atoms with Crippen molar-refractivity contribution in [1.29, 1.82) is 0 Å². The molecule has 0 spiro atoms. The van der Waals surface area contributed by atoms with Gasteiger partial charge >= 0.3 is 6.18 Å². The molecule has 2 N–H and O–H groups in total. The van der Waals surface area contributed by atoms with Crippen LogP contribution in [0.15, 0.2) is 24.3 Å². The minimum atomic E-state index is -4.52. The lowest BCUT2D eigenvalue weighted by Crippen LogP contribution is -2.16. The SMILES string of the molecule is CCC(C)Nc1nc(C)cc(Nc2ccc(Cl)cc2C(F)(F)F)n1. The first kappa shape index (κ1) is 18.3. The summed E-state index contributed by atoms with van der Waals surface area (Å²) in [6.07, 6.45) is -3.65. The zero-order valence-electron chi connectivity index (χ0n) is 13.5. The topological polar surface area (TPSA) is 49.8 Å². The fourth-order valence-corrected chi connectivity index (χ4v) is 2.19. The number of halogens is 4. The predicted molar refractivity (Wildman–Crippen MR) is 89.9 cm³/mol. The summed E-state index contributed by atoms with van der Waals surface area (Å²) in [5.41, 5.74) is -0.317. The number of nitrogens with zero attached hydrogens (tertiary/aromatic N) is 2. The van der Waals surface area contributed by atoms with Gasteiger partial charge in [-0.2, -0.15) is 18.2 Å². The molecule has 1 heterocycles. The molecule has 8 heteroatoms. The molecule has 0 aliphatic carbocycles. The van der Waals surface area contributed by atoms with E-state index in [4.69, 9.17) is 11.6 Å². The Balaban J connectivity index is 2.35. The second kappa shape index (κ2) is 7.25. The van der Waals surface area contributed by atoms with E-state index in [2.05, 4.69) is 20.6 Å². The molecule has 0 saturated heterocycles. The summed E-state index contributed by atoms with van der Waals surface area (Å²) in [6, 6.07) is 5.30. The molecule has 0 amide bonds. The highest BCUT2D eigenvalue weighted by Gasteiger charge is 2.34. The van der Waals surface area contributed by atoms with Crippen molar-refractivity contribution < 1.29 is 13.2 Å². The Morgan fingerprint density at radius 3 is 2.54 bits per heavy atom. The number of hydrogen-bond donors (Lipinski definition) is 2. The van der Waals surface area contributed by atoms with Crippen LogP contribution in [0.3, 0.4) is 0 Å². The Bertz CT molecular complexity index is 719. The maximum Gasteiger partial charge on any atom is 0.418 e. The number of aryl methyl sites for hydroxylation is 1. The number of nitrogens with one attached hydrogen (secondary N) is 2. The second-order valence-electron chi connectivity index (χ2n) is 5.48. The Kier molecular flexibility index (Phi) is 5.54. The normalized spacial score (nSPS) is 12.8. The number of aromatic nitrogens is 2. The van der Waals surface area contributed by atoms with Gasteiger partial charge in [0.2, 0.25) is 5.95 Å². The van der Waals surface area contributed by atoms with Crippen molar-refractivity contribution in [3.63, 3.8) is 0 Å². The van der Waals surface area contributed by atoms with Gasteiger partial charge < -0.3 is 10.6 Å². The Labute approximate surface area is 143 Å². The number of benzene rings is 1. The van der Waals surface area contributed by atoms with Crippen LogP contribution in [0.2, 0.25) is 5.02 Å². The molecule has 0 saturated carbocycles. The van der Waals surface area contributed by atoms with Crippen LogP contribution >= 0.6 is 11.6 Å². The van der Waals surface area contributed by atoms with Gasteiger partial charge in [0.15, 0.2) is 0 Å². The molecular weight excluding hydrogens is 341 g/mol. The van der Waals surface area contributed by atoms with Crippen LogP contribution in [0.5, 0.6) is 0 Å². The highest BCUT2D eigenvalue weighted by molar-refractivity contribution is 6.30. The van der Waals surface area contributed by atoms with Gasteiger partial charge in [-0.15, -0.1) is 0 Å². The van der Waals surface area contributed by atoms with Crippen LogP contribution in [-0.2, 0) is 6.18 Å². The van der Waals surface area contributed by atoms with E-state index in [9.17, 15) is 13.2 Å². The maximum absolute atomic E-state index is 13.2. The number of alkyl halides is 3. The van der Waals surface area contributed by atoms with Crippen LogP contribution in [-0.4, -0.2) is 16.0 Å². The first-order valence-corrected chi connectivity index (χ1v) is 7.83. The van der Waals surface area contributed by atoms with Crippen LogP contribution in [0.4, 0.5) is 30.6 Å². The standard InChI is InChI=1S/C16H18ClF3N4/c1-4-9(2)21-15-22-10(3)7-14(24-15)23-13-6-5-11(17)8-12(13)16(18,19)20/h5-9H,4H2,1-3H3,(H2,21,22,23,24). The summed E-state index contributed by atoms with van der Waals surface area (Å²) in [4.78, 5) is 8.47. The van der Waals surface area contributed by atoms with Crippen LogP contribution in [0, 0.1) is 6.92 Å². The number of rotatable bonds is 5. The van der Waals surface area contributed by atoms with Crippen molar-refractivity contribution in [2.45, 2.75) is 39.4 Å². The molecule has 0 fully saturated rings. The van der Waals surface area contributed by atoms with E-state index in [1.165, 1.54) is 12.1 Å². The third-order valence-electron chi connectivity index (χ3n) is 3.39. The zero-order chi connectivity index (χ0) is 17.9. The van der Waals surface area contributed by atoms with E-state index < -0.39 is 11.7 Å². The lowest BCUT2D eigenvalue weighted by molar-refractivity contribution is -0.136. The van der Waals surface area contributed by atoms with Crippen LogP contribution < -0.4 is 10.6 Å². The van der Waals surface area contributed by atoms with Gasteiger partial charge in [-0.1, -0.05) is 18.5 Å². The van der Waals surface area contributed by atoms with Crippen molar-refractivity contribution in [1.82, 2.24) is 9.97 Å². The molecule has 0 aliphatic rings. The van der Waals surface area contributed by atoms with Crippen molar-refractivity contribution in [3.8, 4) is 0 Å². The minimum Gasteiger partial charge on any atom is -0.352 e. The van der Waals surface area contributed by atoms with E-state index in [-0.39, 0.29) is 22.6 Å². The maximum atomic E-state index is 13.2. The van der Waals surface area contributed by atoms with Crippen molar-refractivity contribution >= 4 is 29.1 Å². The first-order valence-electron chi connectivity index (χ1n) is 7.45. The summed E-state index contributed by atoms with van der Waals surface area (Å²) < 4.78 is 39.5. The summed E-state index contributed by atoms with van der Waals surface area (Å²) >= 11 is 5.69. The van der Waals surface area contributed by atoms with Gasteiger partial charge in [-0.05, 0) is 38.5 Å². The van der Waals surface area contributed by atoms with Crippen LogP contribution in [0.25, 0.3) is 0 Å². The molecule has 1 atom stereocenters. The van der Waals surface area contributed by atoms with Crippen LogP contribution in [0.1, 0.15) is 31.5 Å². The molecule has 4 nitrogen and oxygen atoms in total. The average molecular weight is 359 g/mol. The summed E-state index contributed by atoms with van der Waals surface area (Å²) in [5, 5.41) is 5.84. The predicted octanol–water partition coefficient (Wildman–Crippen LogP) is 5.41. The van der Waals surface area contributed by atoms with Gasteiger partial charge in [-0.25, -0.2) is 4.98 Å². The van der Waals surface area contributed by atoms with Crippen molar-refractivity contribution in [3.05, 3.63) is 40.5 Å². The average Bonchev–Trinajstić information content (AvgIpc) is 2.47. The molecule has 1 aromatic heterocycles. The fraction of sp³-hybridized carbons (Fsp3) is 0.375. The third kappa shape index (κ3) is 4.74. The van der Waals surface area contributed by atoms with Gasteiger partial charge in [0.05, 0.1) is 11.3 Å². The Morgan fingerprint density at radius 1 is 1.21 bits per heavy atom. The van der Waals surface area contributed by atoms with Crippen molar-refractivity contribution in [2.75, 3.05) is 10.6 Å². The molecule has 2 rings (SSSR count). The molecule has 1 unspecified atom stereocenters. The van der Waals surface area contributed by atoms with Gasteiger partial charge in [0.1, 0.15) is 5.82 Å². The highest BCUT2D eigenvalue weighted by atomic mass is 35.5. The van der Waals surface area contributed by atoms with E-state index in [1.807, 2.05) is 13.8 Å². The van der Waals surface area contributed by atoms with E-state index >= 15 is 0 Å². The second-order valence-corrected chi connectivity index (χ2v) is 5.92. The number of hydrogen-bond acceptors (Lipinski definition) is 4. The summed E-state index contributed by atoms with van der Waals surface area (Å²) in [6.45, 7) is 5.73. The van der Waals surface area contributed by atoms with Gasteiger partial charge in [-0.3, -0.25) is 0 Å². The monoisotopic (exact) mass is 358 g/mol. The third-order valence-corrected chi connectivity index (χ3v) is 3.63. The quantitative estimate of drug-likeness (QED) is 0.750. The summed E-state index contributed by atoms with van der Waals surface area (Å²) in [5.74, 6) is 0.649. The van der Waals surface area contributed by atoms with Crippen molar-refractivity contribution in [2.24, 2.45) is 0 Å². The Morgan fingerprint density at radius 2 is 1.92 bits per heavy atom. The molecule has 0 bridgehead atoms. The molecule has 1 aromatic carbocycles. The molecule has 130 valence electrons. The molecular formula is C16H18ClF3N4. The zero-order valence-corrected chi connectivity index (χ0v) is 14.3. The van der Waals surface area contributed by atoms with Gasteiger partial charge in [0.25, 0.3) is 0 Å². The fourth-order valence-electron chi connectivity index (χ4n) is 2.02. The van der Waals surface area contributed by atoms with E-state index in [0.717, 1.165) is 12.5 Å². The lowest BCUT2D eigenvalue weighted by Gasteiger charge is -2.16. The van der Waals surface area contributed by atoms with Gasteiger partial charge in [0, 0.05) is 22.8 Å². The van der Waals surface area contributed by atoms with E-state index in [1.54, 1.807) is 13.0 Å². The smallest absolute Gasteiger partial charge is 0.352 e. The Hall–Kier alpha value is -2.02. The molecule has 2 aromatic rings. The summed E-state index contributed by atoms with van der Waals surface area (Å²) in [7, 11) is 0. The molecule has 0 radical (unpaired) electrons. The largest absolute Gasteiger partial charge is 0.418 e. The molecule has 0 aliphatic heterocycles. The number of anilines is 3. The van der Waals surface area contributed by atoms with E-state index in [0.29, 0.717) is 11.6 Å².